The van der Waals surface area contributed by atoms with Gasteiger partial charge in [0.2, 0.25) is 12.7 Å². The van der Waals surface area contributed by atoms with Crippen LogP contribution >= 0.6 is 34.9 Å². The molecule has 26 heavy (non-hydrogen) atoms. The molecule has 0 saturated carbocycles. The molecule has 1 atom stereocenters. The first-order valence-electron chi connectivity index (χ1n) is 8.30. The van der Waals surface area contributed by atoms with Crippen molar-refractivity contribution < 1.29 is 14.3 Å². The van der Waals surface area contributed by atoms with Gasteiger partial charge in [-0.05, 0) is 30.5 Å². The van der Waals surface area contributed by atoms with Gasteiger partial charge in [-0.1, -0.05) is 54.8 Å². The Morgan fingerprint density at radius 1 is 1.23 bits per heavy atom. The predicted octanol–water partition coefficient (Wildman–Crippen LogP) is 3.81. The number of carbonyl (C=O) groups is 1. The molecule has 2 aromatic rings. The number of aromatic nitrogens is 2. The van der Waals surface area contributed by atoms with Gasteiger partial charge in [-0.2, -0.15) is 0 Å². The van der Waals surface area contributed by atoms with E-state index in [0.717, 1.165) is 31.5 Å². The molecule has 2 heterocycles. The summed E-state index contributed by atoms with van der Waals surface area (Å²) in [5.41, 5.74) is 0.975. The Balaban J connectivity index is 1.47. The Morgan fingerprint density at radius 3 is 2.81 bits per heavy atom. The number of hydrogen-bond donors (Lipinski definition) is 1. The van der Waals surface area contributed by atoms with Gasteiger partial charge in [-0.15, -0.1) is 10.2 Å². The fourth-order valence-corrected chi connectivity index (χ4v) is 5.29. The summed E-state index contributed by atoms with van der Waals surface area (Å²) in [6.45, 7) is 6.93. The summed E-state index contributed by atoms with van der Waals surface area (Å²) < 4.78 is 12.4. The van der Waals surface area contributed by atoms with Crippen LogP contribution in [0.4, 0.5) is 0 Å². The van der Waals surface area contributed by atoms with Crippen LogP contribution in [0.25, 0.3) is 0 Å². The lowest BCUT2D eigenvalue weighted by Crippen LogP contribution is -2.30. The summed E-state index contributed by atoms with van der Waals surface area (Å²) in [7, 11) is 0. The summed E-state index contributed by atoms with van der Waals surface area (Å²) >= 11 is 4.69. The molecule has 140 valence electrons. The number of ether oxygens (including phenoxy) is 2. The fourth-order valence-electron chi connectivity index (χ4n) is 2.13. The highest BCUT2D eigenvalue weighted by atomic mass is 32.2. The van der Waals surface area contributed by atoms with E-state index in [1.54, 1.807) is 23.1 Å². The van der Waals surface area contributed by atoms with Crippen LogP contribution < -0.4 is 14.8 Å². The zero-order chi connectivity index (χ0) is 18.5. The molecule has 0 saturated heterocycles. The van der Waals surface area contributed by atoms with E-state index in [-0.39, 0.29) is 18.0 Å². The molecule has 0 fully saturated rings. The quantitative estimate of drug-likeness (QED) is 0.662. The van der Waals surface area contributed by atoms with E-state index in [0.29, 0.717) is 12.5 Å². The summed E-state index contributed by atoms with van der Waals surface area (Å²) in [5, 5.41) is 11.1. The minimum atomic E-state index is -0.236. The van der Waals surface area contributed by atoms with Crippen molar-refractivity contribution in [1.29, 1.82) is 0 Å². The zero-order valence-electron chi connectivity index (χ0n) is 14.9. The topological polar surface area (TPSA) is 73.3 Å². The minimum Gasteiger partial charge on any atom is -0.454 e. The Labute approximate surface area is 165 Å². The van der Waals surface area contributed by atoms with Crippen LogP contribution in [0.2, 0.25) is 0 Å². The van der Waals surface area contributed by atoms with Crippen LogP contribution in [-0.4, -0.2) is 33.9 Å². The summed E-state index contributed by atoms with van der Waals surface area (Å²) in [6, 6.07) is 5.68. The number of benzene rings is 1. The number of nitrogens with zero attached hydrogens (tertiary/aromatic N) is 2. The summed E-state index contributed by atoms with van der Waals surface area (Å²) in [4.78, 5) is 12.3. The second kappa shape index (κ2) is 8.96. The number of hydrogen-bond acceptors (Lipinski definition) is 8. The third-order valence-corrected chi connectivity index (χ3v) is 7.15. The van der Waals surface area contributed by atoms with Gasteiger partial charge in [0.1, 0.15) is 0 Å². The second-order valence-electron chi connectivity index (χ2n) is 6.20. The van der Waals surface area contributed by atoms with Crippen molar-refractivity contribution in [2.45, 2.75) is 41.2 Å². The molecular weight excluding hydrogens is 390 g/mol. The maximum absolute atomic E-state index is 12.3. The molecule has 0 spiro atoms. The van der Waals surface area contributed by atoms with E-state index < -0.39 is 0 Å². The van der Waals surface area contributed by atoms with E-state index in [9.17, 15) is 4.79 Å². The SMILES string of the molecule is CC(C)CSc1nnc(S[C@@H](C)C(=O)NCc2ccc3c(c2)OCO3)s1. The number of rotatable bonds is 8. The Kier molecular flexibility index (Phi) is 6.66. The van der Waals surface area contributed by atoms with E-state index >= 15 is 0 Å². The predicted molar refractivity (Wildman–Crippen MR) is 105 cm³/mol. The Hall–Kier alpha value is -1.45. The molecule has 1 aromatic heterocycles. The van der Waals surface area contributed by atoms with Gasteiger partial charge >= 0.3 is 0 Å². The molecule has 1 N–H and O–H groups in total. The van der Waals surface area contributed by atoms with Crippen molar-refractivity contribution in [2.24, 2.45) is 5.92 Å². The largest absolute Gasteiger partial charge is 0.454 e. The van der Waals surface area contributed by atoms with Gasteiger partial charge in [0.15, 0.2) is 20.2 Å². The Bertz CT molecular complexity index is 767. The molecule has 1 aromatic carbocycles. The first kappa shape index (κ1) is 19.3. The molecule has 1 aliphatic heterocycles. The molecule has 1 aliphatic rings. The van der Waals surface area contributed by atoms with Gasteiger partial charge in [0.05, 0.1) is 5.25 Å². The molecule has 9 heteroatoms. The van der Waals surface area contributed by atoms with Gasteiger partial charge in [0.25, 0.3) is 0 Å². The number of carbonyl (C=O) groups excluding carboxylic acids is 1. The normalized spacial score (nSPS) is 13.8. The van der Waals surface area contributed by atoms with Gasteiger partial charge in [-0.25, -0.2) is 0 Å². The van der Waals surface area contributed by atoms with Crippen molar-refractivity contribution >= 4 is 40.8 Å². The highest BCUT2D eigenvalue weighted by Crippen LogP contribution is 2.33. The average Bonchev–Trinajstić information content (AvgIpc) is 3.26. The standard InChI is InChI=1S/C17H21N3O3S3/c1-10(2)8-24-16-19-20-17(26-16)25-11(3)15(21)18-7-12-4-5-13-14(6-12)23-9-22-13/h4-6,10-11H,7-9H2,1-3H3,(H,18,21)/t11-/m0/s1. The molecule has 6 nitrogen and oxygen atoms in total. The summed E-state index contributed by atoms with van der Waals surface area (Å²) in [5.74, 6) is 3.07. The van der Waals surface area contributed by atoms with Crippen molar-refractivity contribution in [3.63, 3.8) is 0 Å². The van der Waals surface area contributed by atoms with Crippen LogP contribution in [0.15, 0.2) is 26.9 Å². The first-order valence-corrected chi connectivity index (χ1v) is 11.0. The van der Waals surface area contributed by atoms with Crippen molar-refractivity contribution in [3.05, 3.63) is 23.8 Å². The molecule has 0 aliphatic carbocycles. The lowest BCUT2D eigenvalue weighted by molar-refractivity contribution is -0.120. The van der Waals surface area contributed by atoms with E-state index in [2.05, 4.69) is 29.4 Å². The summed E-state index contributed by atoms with van der Waals surface area (Å²) in [6.07, 6.45) is 0. The molecule has 0 unspecified atom stereocenters. The van der Waals surface area contributed by atoms with Crippen LogP contribution in [0, 0.1) is 5.92 Å². The van der Waals surface area contributed by atoms with E-state index in [1.165, 1.54) is 11.8 Å². The van der Waals surface area contributed by atoms with E-state index in [1.807, 2.05) is 25.1 Å². The van der Waals surface area contributed by atoms with Gasteiger partial charge in [0, 0.05) is 12.3 Å². The van der Waals surface area contributed by atoms with Crippen molar-refractivity contribution in [2.75, 3.05) is 12.5 Å². The molecule has 3 rings (SSSR count). The van der Waals surface area contributed by atoms with Crippen LogP contribution in [0.5, 0.6) is 11.5 Å². The van der Waals surface area contributed by atoms with E-state index in [4.69, 9.17) is 9.47 Å². The number of thioether (sulfide) groups is 2. The maximum atomic E-state index is 12.3. The second-order valence-corrected chi connectivity index (χ2v) is 10.0. The van der Waals surface area contributed by atoms with Crippen LogP contribution in [0.1, 0.15) is 26.3 Å². The van der Waals surface area contributed by atoms with Crippen molar-refractivity contribution in [1.82, 2.24) is 15.5 Å². The highest BCUT2D eigenvalue weighted by molar-refractivity contribution is 8.03. The van der Waals surface area contributed by atoms with Crippen LogP contribution in [-0.2, 0) is 11.3 Å². The minimum absolute atomic E-state index is 0.0285. The van der Waals surface area contributed by atoms with Crippen LogP contribution in [0.3, 0.4) is 0 Å². The van der Waals surface area contributed by atoms with Gasteiger partial charge in [-0.3, -0.25) is 4.79 Å². The number of nitrogens with one attached hydrogen (secondary N) is 1. The average molecular weight is 412 g/mol. The Morgan fingerprint density at radius 2 is 2.00 bits per heavy atom. The highest BCUT2D eigenvalue weighted by Gasteiger charge is 2.18. The smallest absolute Gasteiger partial charge is 0.233 e. The zero-order valence-corrected chi connectivity index (χ0v) is 17.3. The third-order valence-electron chi connectivity index (χ3n) is 3.48. The third kappa shape index (κ3) is 5.28. The first-order chi connectivity index (χ1) is 12.5. The lowest BCUT2D eigenvalue weighted by atomic mass is 10.2. The molecule has 1 amide bonds. The van der Waals surface area contributed by atoms with Crippen molar-refractivity contribution in [3.8, 4) is 11.5 Å². The van der Waals surface area contributed by atoms with Gasteiger partial charge < -0.3 is 14.8 Å². The maximum Gasteiger partial charge on any atom is 0.233 e. The number of amides is 1. The molecule has 0 bridgehead atoms. The lowest BCUT2D eigenvalue weighted by Gasteiger charge is -2.10. The fraction of sp³-hybridized carbons (Fsp3) is 0.471. The molecule has 0 radical (unpaired) electrons. The number of fused-ring (bicyclic) bond motifs is 1. The monoisotopic (exact) mass is 411 g/mol. The molecular formula is C17H21N3O3S3.